The second kappa shape index (κ2) is 7.81. The molecule has 0 aliphatic carbocycles. The topological polar surface area (TPSA) is 69.6 Å². The largest absolute Gasteiger partial charge is 0.338 e. The second-order valence-electron chi connectivity index (χ2n) is 5.37. The summed E-state index contributed by atoms with van der Waals surface area (Å²) >= 11 is 7.45. The Morgan fingerprint density at radius 1 is 1.21 bits per heavy atom. The van der Waals surface area contributed by atoms with E-state index in [0.717, 1.165) is 41.6 Å². The first-order chi connectivity index (χ1) is 11.7. The van der Waals surface area contributed by atoms with E-state index in [-0.39, 0.29) is 0 Å². The van der Waals surface area contributed by atoms with Crippen LogP contribution in [-0.4, -0.2) is 24.9 Å². The van der Waals surface area contributed by atoms with Crippen LogP contribution in [0.15, 0.2) is 33.9 Å². The van der Waals surface area contributed by atoms with Gasteiger partial charge < -0.3 is 9.09 Å². The summed E-state index contributed by atoms with van der Waals surface area (Å²) in [5, 5.41) is 14.0. The smallest absolute Gasteiger partial charge is 0.237 e. The molecule has 24 heavy (non-hydrogen) atoms. The number of hydrogen-bond donors (Lipinski definition) is 0. The van der Waals surface area contributed by atoms with E-state index in [1.165, 1.54) is 11.8 Å². The first-order valence-electron chi connectivity index (χ1n) is 7.77. The first-order valence-corrected chi connectivity index (χ1v) is 9.13. The van der Waals surface area contributed by atoms with Gasteiger partial charge in [-0.25, -0.2) is 0 Å². The van der Waals surface area contributed by atoms with Crippen LogP contribution < -0.4 is 0 Å². The fourth-order valence-corrected chi connectivity index (χ4v) is 3.08. The Morgan fingerprint density at radius 2 is 2.00 bits per heavy atom. The van der Waals surface area contributed by atoms with Gasteiger partial charge in [0.15, 0.2) is 16.8 Å². The number of rotatable bonds is 7. The van der Waals surface area contributed by atoms with Gasteiger partial charge in [0, 0.05) is 24.1 Å². The Bertz CT molecular complexity index is 799. The van der Waals surface area contributed by atoms with Gasteiger partial charge in [-0.2, -0.15) is 4.98 Å². The molecule has 0 saturated carbocycles. The highest BCUT2D eigenvalue weighted by Gasteiger charge is 2.13. The zero-order valence-electron chi connectivity index (χ0n) is 13.6. The van der Waals surface area contributed by atoms with E-state index in [1.807, 2.05) is 35.9 Å². The summed E-state index contributed by atoms with van der Waals surface area (Å²) in [6.07, 6.45) is 3.04. The Labute approximate surface area is 149 Å². The molecule has 0 aliphatic heterocycles. The molecule has 3 rings (SSSR count). The fraction of sp³-hybridized carbons (Fsp3) is 0.375. The summed E-state index contributed by atoms with van der Waals surface area (Å²) in [4.78, 5) is 4.40. The SMILES string of the molecule is CCCCc1noc(CSc2nnc(-c3ccc(Cl)cc3)n2C)n1. The van der Waals surface area contributed by atoms with Crippen molar-refractivity contribution in [2.24, 2.45) is 7.05 Å². The van der Waals surface area contributed by atoms with Gasteiger partial charge in [-0.3, -0.25) is 0 Å². The number of hydrogen-bond acceptors (Lipinski definition) is 6. The molecule has 0 saturated heterocycles. The Hall–Kier alpha value is -1.86. The monoisotopic (exact) mass is 363 g/mol. The lowest BCUT2D eigenvalue weighted by Gasteiger charge is -2.03. The summed E-state index contributed by atoms with van der Waals surface area (Å²) in [7, 11) is 1.94. The van der Waals surface area contributed by atoms with Crippen LogP contribution in [0.25, 0.3) is 11.4 Å². The number of aryl methyl sites for hydroxylation is 1. The standard InChI is InChI=1S/C16H18ClN5OS/c1-3-4-5-13-18-14(23-21-13)10-24-16-20-19-15(22(16)2)11-6-8-12(17)9-7-11/h6-9H,3-5,10H2,1-2H3. The first kappa shape index (κ1) is 17.0. The average Bonchev–Trinajstić information content (AvgIpc) is 3.19. The summed E-state index contributed by atoms with van der Waals surface area (Å²) in [5.41, 5.74) is 0.973. The molecule has 6 nitrogen and oxygen atoms in total. The molecular weight excluding hydrogens is 346 g/mol. The van der Waals surface area contributed by atoms with Crippen molar-refractivity contribution in [3.8, 4) is 11.4 Å². The van der Waals surface area contributed by atoms with Crippen LogP contribution in [0.1, 0.15) is 31.5 Å². The van der Waals surface area contributed by atoms with Crippen LogP contribution in [0, 0.1) is 0 Å². The zero-order chi connectivity index (χ0) is 16.9. The maximum absolute atomic E-state index is 5.93. The van der Waals surface area contributed by atoms with E-state index in [1.54, 1.807) is 0 Å². The van der Waals surface area contributed by atoms with Gasteiger partial charge in [-0.1, -0.05) is 41.9 Å². The summed E-state index contributed by atoms with van der Waals surface area (Å²) in [6, 6.07) is 7.54. The molecule has 0 aliphatic rings. The molecule has 126 valence electrons. The zero-order valence-corrected chi connectivity index (χ0v) is 15.1. The van der Waals surface area contributed by atoms with Gasteiger partial charge in [-0.05, 0) is 30.7 Å². The molecule has 0 spiro atoms. The minimum Gasteiger partial charge on any atom is -0.338 e. The van der Waals surface area contributed by atoms with Gasteiger partial charge in [0.2, 0.25) is 5.89 Å². The molecule has 2 heterocycles. The van der Waals surface area contributed by atoms with Gasteiger partial charge >= 0.3 is 0 Å². The summed E-state index contributed by atoms with van der Waals surface area (Å²) in [6.45, 7) is 2.14. The minimum absolute atomic E-state index is 0.575. The summed E-state index contributed by atoms with van der Waals surface area (Å²) < 4.78 is 7.22. The fourth-order valence-electron chi connectivity index (χ4n) is 2.20. The maximum atomic E-state index is 5.93. The minimum atomic E-state index is 0.575. The Balaban J connectivity index is 1.66. The van der Waals surface area contributed by atoms with Crippen LogP contribution in [0.3, 0.4) is 0 Å². The lowest BCUT2D eigenvalue weighted by molar-refractivity contribution is 0.384. The third-order valence-corrected chi connectivity index (χ3v) is 4.78. The molecule has 3 aromatic rings. The molecule has 0 radical (unpaired) electrons. The Kier molecular flexibility index (Phi) is 5.52. The van der Waals surface area contributed by atoms with Crippen molar-refractivity contribution in [2.45, 2.75) is 37.1 Å². The van der Waals surface area contributed by atoms with Gasteiger partial charge in [0.05, 0.1) is 5.75 Å². The number of unbranched alkanes of at least 4 members (excludes halogenated alkanes) is 1. The highest BCUT2D eigenvalue weighted by atomic mass is 35.5. The molecule has 0 N–H and O–H groups in total. The van der Waals surface area contributed by atoms with Crippen molar-refractivity contribution in [1.29, 1.82) is 0 Å². The molecule has 8 heteroatoms. The molecule has 0 atom stereocenters. The molecule has 0 bridgehead atoms. The van der Waals surface area contributed by atoms with E-state index < -0.39 is 0 Å². The van der Waals surface area contributed by atoms with E-state index in [0.29, 0.717) is 16.7 Å². The van der Waals surface area contributed by atoms with E-state index in [9.17, 15) is 0 Å². The van der Waals surface area contributed by atoms with Crippen LogP contribution in [0.4, 0.5) is 0 Å². The van der Waals surface area contributed by atoms with Crippen LogP contribution >= 0.6 is 23.4 Å². The average molecular weight is 364 g/mol. The van der Waals surface area contributed by atoms with Crippen molar-refractivity contribution in [3.63, 3.8) is 0 Å². The van der Waals surface area contributed by atoms with E-state index >= 15 is 0 Å². The highest BCUT2D eigenvalue weighted by Crippen LogP contribution is 2.25. The van der Waals surface area contributed by atoms with Crippen LogP contribution in [0.5, 0.6) is 0 Å². The molecule has 1 aromatic carbocycles. The van der Waals surface area contributed by atoms with E-state index in [2.05, 4.69) is 27.3 Å². The predicted molar refractivity (Wildman–Crippen MR) is 93.9 cm³/mol. The molecule has 0 unspecified atom stereocenters. The van der Waals surface area contributed by atoms with Gasteiger partial charge in [0.25, 0.3) is 0 Å². The molecule has 0 fully saturated rings. The molecule has 2 aromatic heterocycles. The van der Waals surface area contributed by atoms with Crippen molar-refractivity contribution in [1.82, 2.24) is 24.9 Å². The van der Waals surface area contributed by atoms with Gasteiger partial charge in [0.1, 0.15) is 0 Å². The molecular formula is C16H18ClN5OS. The van der Waals surface area contributed by atoms with Crippen molar-refractivity contribution in [2.75, 3.05) is 0 Å². The number of nitrogens with zero attached hydrogens (tertiary/aromatic N) is 5. The number of halogens is 1. The Morgan fingerprint density at radius 3 is 2.75 bits per heavy atom. The van der Waals surface area contributed by atoms with Gasteiger partial charge in [-0.15, -0.1) is 10.2 Å². The maximum Gasteiger partial charge on any atom is 0.237 e. The van der Waals surface area contributed by atoms with Crippen molar-refractivity contribution >= 4 is 23.4 Å². The number of aromatic nitrogens is 5. The third kappa shape index (κ3) is 3.96. The van der Waals surface area contributed by atoms with Crippen LogP contribution in [-0.2, 0) is 19.2 Å². The normalized spacial score (nSPS) is 11.1. The molecule has 0 amide bonds. The third-order valence-electron chi connectivity index (χ3n) is 3.53. The lowest BCUT2D eigenvalue weighted by atomic mass is 10.2. The van der Waals surface area contributed by atoms with Crippen molar-refractivity contribution < 1.29 is 4.52 Å². The lowest BCUT2D eigenvalue weighted by Crippen LogP contribution is -1.95. The summed E-state index contributed by atoms with van der Waals surface area (Å²) in [5.74, 6) is 2.75. The predicted octanol–water partition coefficient (Wildman–Crippen LogP) is 4.15. The van der Waals surface area contributed by atoms with Crippen LogP contribution in [0.2, 0.25) is 5.02 Å². The second-order valence-corrected chi connectivity index (χ2v) is 6.75. The number of thioether (sulfide) groups is 1. The number of benzene rings is 1. The van der Waals surface area contributed by atoms with E-state index in [4.69, 9.17) is 16.1 Å². The highest BCUT2D eigenvalue weighted by molar-refractivity contribution is 7.98. The van der Waals surface area contributed by atoms with Crippen molar-refractivity contribution in [3.05, 3.63) is 41.0 Å². The quantitative estimate of drug-likeness (QED) is 0.587.